The first-order valence-electron chi connectivity index (χ1n) is 9.28. The van der Waals surface area contributed by atoms with Gasteiger partial charge in [0.05, 0.1) is 10.6 Å². The van der Waals surface area contributed by atoms with E-state index in [-0.39, 0.29) is 18.0 Å². The number of benzene rings is 1. The van der Waals surface area contributed by atoms with E-state index < -0.39 is 22.1 Å². The molecule has 1 heterocycles. The Labute approximate surface area is 162 Å². The van der Waals surface area contributed by atoms with Gasteiger partial charge in [0.15, 0.2) is 0 Å². The molecule has 156 valence electrons. The second kappa shape index (κ2) is 8.69. The van der Waals surface area contributed by atoms with E-state index in [0.717, 1.165) is 30.0 Å². The Hall–Kier alpha value is -1.81. The van der Waals surface area contributed by atoms with Crippen LogP contribution in [0, 0.1) is 5.92 Å². The molecule has 0 N–H and O–H groups in total. The number of alkyl halides is 3. The van der Waals surface area contributed by atoms with Crippen molar-refractivity contribution in [2.24, 2.45) is 11.1 Å². The van der Waals surface area contributed by atoms with E-state index in [1.165, 1.54) is 30.0 Å². The van der Waals surface area contributed by atoms with Crippen LogP contribution in [0.15, 0.2) is 34.3 Å². The van der Waals surface area contributed by atoms with E-state index in [2.05, 4.69) is 9.89 Å². The molecule has 1 saturated carbocycles. The molecule has 28 heavy (non-hydrogen) atoms. The molecule has 1 aliphatic heterocycles. The van der Waals surface area contributed by atoms with E-state index in [9.17, 15) is 21.6 Å². The number of hydrogen-bond acceptors (Lipinski definition) is 5. The fourth-order valence-corrected chi connectivity index (χ4v) is 4.89. The summed E-state index contributed by atoms with van der Waals surface area (Å²) in [7, 11) is -3.78. The van der Waals surface area contributed by atoms with Crippen LogP contribution in [0.25, 0.3) is 0 Å². The zero-order valence-electron chi connectivity index (χ0n) is 15.3. The summed E-state index contributed by atoms with van der Waals surface area (Å²) in [5.74, 6) is 0.105. The molecule has 0 unspecified atom stereocenters. The summed E-state index contributed by atoms with van der Waals surface area (Å²) in [6.07, 6.45) is 0.940. The van der Waals surface area contributed by atoms with Crippen LogP contribution >= 0.6 is 0 Å². The Bertz CT molecular complexity index is 778. The molecular weight excluding hydrogens is 397 g/mol. The molecule has 6 nitrogen and oxygen atoms in total. The monoisotopic (exact) mass is 420 g/mol. The molecule has 2 aliphatic rings. The number of piperidine rings is 1. The van der Waals surface area contributed by atoms with Crippen molar-refractivity contribution in [1.82, 2.24) is 4.31 Å². The predicted molar refractivity (Wildman–Crippen MR) is 96.5 cm³/mol. The highest BCUT2D eigenvalue weighted by Crippen LogP contribution is 2.27. The molecule has 0 bridgehead atoms. The van der Waals surface area contributed by atoms with Gasteiger partial charge in [0.1, 0.15) is 12.4 Å². The van der Waals surface area contributed by atoms with Gasteiger partial charge in [0.2, 0.25) is 10.0 Å². The van der Waals surface area contributed by atoms with E-state index in [0.29, 0.717) is 25.4 Å². The summed E-state index contributed by atoms with van der Waals surface area (Å²) in [6.45, 7) is 1.13. The highest BCUT2D eigenvalue weighted by Gasteiger charge is 2.32. The molecular formula is C18H23F3N2O4S. The topological polar surface area (TPSA) is 68.2 Å². The summed E-state index contributed by atoms with van der Waals surface area (Å²) >= 11 is 0. The lowest BCUT2D eigenvalue weighted by molar-refractivity contribution is -0.274. The summed E-state index contributed by atoms with van der Waals surface area (Å²) in [5, 5.41) is 4.15. The summed E-state index contributed by atoms with van der Waals surface area (Å²) < 4.78 is 67.0. The lowest BCUT2D eigenvalue weighted by atomic mass is 10.1. The molecule has 0 radical (unpaired) electrons. The number of hydrogen-bond donors (Lipinski definition) is 0. The SMILES string of the molecule is O=S(=O)(c1ccc(OC(F)(F)F)cc1)N1CCC(=NOCC2CCCC2)CC1. The smallest absolute Gasteiger partial charge is 0.406 e. The van der Waals surface area contributed by atoms with Crippen LogP contribution < -0.4 is 4.74 Å². The highest BCUT2D eigenvalue weighted by atomic mass is 32.2. The molecule has 0 amide bonds. The number of rotatable bonds is 6. The Balaban J connectivity index is 1.53. The number of nitrogens with zero attached hydrogens (tertiary/aromatic N) is 2. The van der Waals surface area contributed by atoms with Crippen LogP contribution in [0.5, 0.6) is 5.75 Å². The standard InChI is InChI=1S/C18H23F3N2O4S/c19-18(20,21)27-16-5-7-17(8-6-16)28(24,25)23-11-9-15(10-12-23)22-26-13-14-3-1-2-4-14/h5-8,14H,1-4,9-13H2. The van der Waals surface area contributed by atoms with Crippen molar-refractivity contribution in [1.29, 1.82) is 0 Å². The lowest BCUT2D eigenvalue weighted by Crippen LogP contribution is -2.38. The van der Waals surface area contributed by atoms with E-state index >= 15 is 0 Å². The van der Waals surface area contributed by atoms with Gasteiger partial charge in [-0.25, -0.2) is 8.42 Å². The minimum absolute atomic E-state index is 0.0695. The van der Waals surface area contributed by atoms with Crippen molar-refractivity contribution >= 4 is 15.7 Å². The molecule has 1 aliphatic carbocycles. The highest BCUT2D eigenvalue weighted by molar-refractivity contribution is 7.89. The molecule has 3 rings (SSSR count). The van der Waals surface area contributed by atoms with E-state index in [1.807, 2.05) is 0 Å². The Morgan fingerprint density at radius 3 is 2.25 bits per heavy atom. The zero-order chi connectivity index (χ0) is 20.2. The fourth-order valence-electron chi connectivity index (χ4n) is 3.45. The van der Waals surface area contributed by atoms with Gasteiger partial charge in [-0.2, -0.15) is 4.31 Å². The van der Waals surface area contributed by atoms with Crippen molar-refractivity contribution in [3.63, 3.8) is 0 Å². The fraction of sp³-hybridized carbons (Fsp3) is 0.611. The largest absolute Gasteiger partial charge is 0.573 e. The van der Waals surface area contributed by atoms with Crippen LogP contribution in [0.3, 0.4) is 0 Å². The molecule has 10 heteroatoms. The number of oxime groups is 1. The zero-order valence-corrected chi connectivity index (χ0v) is 16.1. The quantitative estimate of drug-likeness (QED) is 0.654. The van der Waals surface area contributed by atoms with Gasteiger partial charge in [0.25, 0.3) is 0 Å². The summed E-state index contributed by atoms with van der Waals surface area (Å²) in [4.78, 5) is 5.36. The third-order valence-corrected chi connectivity index (χ3v) is 6.89. The van der Waals surface area contributed by atoms with Crippen molar-refractivity contribution in [2.45, 2.75) is 49.8 Å². The lowest BCUT2D eigenvalue weighted by Gasteiger charge is -2.26. The van der Waals surface area contributed by atoms with Crippen molar-refractivity contribution < 1.29 is 31.2 Å². The predicted octanol–water partition coefficient (Wildman–Crippen LogP) is 3.93. The first kappa shape index (κ1) is 20.9. The maximum absolute atomic E-state index is 12.7. The van der Waals surface area contributed by atoms with Crippen molar-refractivity contribution in [3.05, 3.63) is 24.3 Å². The van der Waals surface area contributed by atoms with Crippen LogP contribution in [-0.2, 0) is 14.9 Å². The van der Waals surface area contributed by atoms with Gasteiger partial charge in [-0.05, 0) is 43.0 Å². The van der Waals surface area contributed by atoms with Crippen molar-refractivity contribution in [2.75, 3.05) is 19.7 Å². The molecule has 0 spiro atoms. The summed E-state index contributed by atoms with van der Waals surface area (Å²) in [6, 6.07) is 4.22. The third-order valence-electron chi connectivity index (χ3n) is 4.97. The number of ether oxygens (including phenoxy) is 1. The van der Waals surface area contributed by atoms with E-state index in [4.69, 9.17) is 4.84 Å². The molecule has 1 aromatic rings. The van der Waals surface area contributed by atoms with Gasteiger partial charge in [0, 0.05) is 25.9 Å². The average Bonchev–Trinajstić information content (AvgIpc) is 3.15. The molecule has 2 fully saturated rings. The van der Waals surface area contributed by atoms with Gasteiger partial charge in [-0.1, -0.05) is 18.0 Å². The second-order valence-electron chi connectivity index (χ2n) is 7.03. The van der Waals surface area contributed by atoms with Crippen LogP contribution in [0.4, 0.5) is 13.2 Å². The normalized spacial score (nSPS) is 19.6. The molecule has 0 atom stereocenters. The number of halogens is 3. The van der Waals surface area contributed by atoms with Gasteiger partial charge in [-0.3, -0.25) is 0 Å². The Morgan fingerprint density at radius 2 is 1.68 bits per heavy atom. The molecule has 0 aromatic heterocycles. The van der Waals surface area contributed by atoms with Gasteiger partial charge < -0.3 is 9.57 Å². The first-order valence-corrected chi connectivity index (χ1v) is 10.7. The Morgan fingerprint density at radius 1 is 1.07 bits per heavy atom. The van der Waals surface area contributed by atoms with Gasteiger partial charge in [-0.15, -0.1) is 13.2 Å². The minimum atomic E-state index is -4.82. The van der Waals surface area contributed by atoms with Crippen LogP contribution in [0.1, 0.15) is 38.5 Å². The number of sulfonamides is 1. The Kier molecular flexibility index (Phi) is 6.49. The molecule has 1 aromatic carbocycles. The summed E-state index contributed by atoms with van der Waals surface area (Å²) in [5.41, 5.74) is 0.832. The first-order chi connectivity index (χ1) is 13.2. The van der Waals surface area contributed by atoms with Crippen LogP contribution in [0.2, 0.25) is 0 Å². The minimum Gasteiger partial charge on any atom is -0.406 e. The van der Waals surface area contributed by atoms with E-state index in [1.54, 1.807) is 0 Å². The maximum atomic E-state index is 12.7. The third kappa shape index (κ3) is 5.60. The average molecular weight is 420 g/mol. The maximum Gasteiger partial charge on any atom is 0.573 e. The van der Waals surface area contributed by atoms with Crippen molar-refractivity contribution in [3.8, 4) is 5.75 Å². The molecule has 1 saturated heterocycles. The second-order valence-corrected chi connectivity index (χ2v) is 8.96. The van der Waals surface area contributed by atoms with Gasteiger partial charge >= 0.3 is 6.36 Å². The van der Waals surface area contributed by atoms with Crippen LogP contribution in [-0.4, -0.2) is 44.5 Å².